The first kappa shape index (κ1) is 23.4. The largest absolute Gasteiger partial charge is 0.356 e. The van der Waals surface area contributed by atoms with Crippen LogP contribution >= 0.6 is 35.3 Å². The van der Waals surface area contributed by atoms with Gasteiger partial charge in [0.15, 0.2) is 5.96 Å². The highest BCUT2D eigenvalue weighted by Gasteiger charge is 2.15. The van der Waals surface area contributed by atoms with Crippen LogP contribution in [0.4, 0.5) is 0 Å². The van der Waals surface area contributed by atoms with E-state index in [4.69, 9.17) is 0 Å². The Kier molecular flexibility index (Phi) is 9.79. The fourth-order valence-corrected chi connectivity index (χ4v) is 3.11. The lowest BCUT2D eigenvalue weighted by Crippen LogP contribution is -2.40. The molecule has 5 nitrogen and oxygen atoms in total. The van der Waals surface area contributed by atoms with E-state index in [0.717, 1.165) is 24.5 Å². The maximum atomic E-state index is 12.3. The zero-order valence-electron chi connectivity index (χ0n) is 16.3. The minimum Gasteiger partial charge on any atom is -0.356 e. The Morgan fingerprint density at radius 1 is 1.15 bits per heavy atom. The molecule has 1 amide bonds. The number of amides is 1. The Bertz CT molecular complexity index is 739. The number of guanidine groups is 1. The molecule has 7 heteroatoms. The number of halogens is 1. The van der Waals surface area contributed by atoms with Crippen molar-refractivity contribution in [2.75, 3.05) is 13.6 Å². The summed E-state index contributed by atoms with van der Waals surface area (Å²) in [6.45, 7) is 7.36. The number of rotatable bonds is 6. The van der Waals surface area contributed by atoms with Crippen molar-refractivity contribution < 1.29 is 4.79 Å². The van der Waals surface area contributed by atoms with E-state index >= 15 is 0 Å². The van der Waals surface area contributed by atoms with E-state index in [2.05, 4.69) is 38.5 Å². The van der Waals surface area contributed by atoms with E-state index in [0.29, 0.717) is 12.1 Å². The fraction of sp³-hybridized carbons (Fsp3) is 0.400. The predicted octanol–water partition coefficient (Wildman–Crippen LogP) is 3.80. The topological polar surface area (TPSA) is 65.5 Å². The van der Waals surface area contributed by atoms with Gasteiger partial charge in [0.25, 0.3) is 5.91 Å². The summed E-state index contributed by atoms with van der Waals surface area (Å²) in [7, 11) is 1.76. The highest BCUT2D eigenvalue weighted by Crippen LogP contribution is 2.09. The standard InChI is InChI=1S/C20H28N4OS.HI/c1-20(2,3)24-18(25)16-8-5-7-15(13-16)14-23-19(21-4)22-11-10-17-9-6-12-26-17;/h5-9,12-13H,10-11,14H2,1-4H3,(H,24,25)(H2,21,22,23);1H. The molecule has 0 saturated heterocycles. The first-order valence-electron chi connectivity index (χ1n) is 8.76. The van der Waals surface area contributed by atoms with Crippen LogP contribution in [0.25, 0.3) is 0 Å². The number of carbonyl (C=O) groups is 1. The van der Waals surface area contributed by atoms with Gasteiger partial charge >= 0.3 is 0 Å². The minimum atomic E-state index is -0.250. The molecule has 3 N–H and O–H groups in total. The Hall–Kier alpha value is -1.61. The molecule has 0 atom stereocenters. The number of aliphatic imine (C=N–C) groups is 1. The van der Waals surface area contributed by atoms with E-state index in [1.807, 2.05) is 45.0 Å². The number of benzene rings is 1. The second-order valence-corrected chi connectivity index (χ2v) is 8.12. The highest BCUT2D eigenvalue weighted by molar-refractivity contribution is 14.0. The lowest BCUT2D eigenvalue weighted by molar-refractivity contribution is 0.0919. The van der Waals surface area contributed by atoms with Gasteiger partial charge in [0.05, 0.1) is 0 Å². The monoisotopic (exact) mass is 500 g/mol. The number of carbonyl (C=O) groups excluding carboxylic acids is 1. The zero-order chi connectivity index (χ0) is 19.0. The van der Waals surface area contributed by atoms with Crippen molar-refractivity contribution in [2.45, 2.75) is 39.3 Å². The van der Waals surface area contributed by atoms with Crippen molar-refractivity contribution >= 4 is 47.2 Å². The molecular weight excluding hydrogens is 471 g/mol. The quantitative estimate of drug-likeness (QED) is 0.321. The number of thiophene rings is 1. The van der Waals surface area contributed by atoms with Gasteiger partial charge in [-0.2, -0.15) is 0 Å². The van der Waals surface area contributed by atoms with E-state index in [1.165, 1.54) is 4.88 Å². The van der Waals surface area contributed by atoms with Crippen molar-refractivity contribution in [3.05, 3.63) is 57.8 Å². The van der Waals surface area contributed by atoms with Crippen molar-refractivity contribution in [2.24, 2.45) is 4.99 Å². The van der Waals surface area contributed by atoms with E-state index in [1.54, 1.807) is 18.4 Å². The van der Waals surface area contributed by atoms with Gasteiger partial charge in [0, 0.05) is 36.1 Å². The van der Waals surface area contributed by atoms with Crippen LogP contribution in [0.5, 0.6) is 0 Å². The zero-order valence-corrected chi connectivity index (χ0v) is 19.5. The summed E-state index contributed by atoms with van der Waals surface area (Å²) in [5.41, 5.74) is 1.45. The summed E-state index contributed by atoms with van der Waals surface area (Å²) >= 11 is 1.76. The van der Waals surface area contributed by atoms with Crippen LogP contribution in [0.1, 0.15) is 41.6 Å². The normalized spacial score (nSPS) is 11.5. The average Bonchev–Trinajstić information content (AvgIpc) is 3.10. The van der Waals surface area contributed by atoms with Crippen LogP contribution in [0.3, 0.4) is 0 Å². The predicted molar refractivity (Wildman–Crippen MR) is 125 cm³/mol. The summed E-state index contributed by atoms with van der Waals surface area (Å²) in [5.74, 6) is 0.698. The number of nitrogens with one attached hydrogen (secondary N) is 3. The van der Waals surface area contributed by atoms with Gasteiger partial charge < -0.3 is 16.0 Å². The van der Waals surface area contributed by atoms with Crippen LogP contribution in [0.2, 0.25) is 0 Å². The van der Waals surface area contributed by atoms with Gasteiger partial charge in [-0.05, 0) is 56.3 Å². The lowest BCUT2D eigenvalue weighted by Gasteiger charge is -2.20. The van der Waals surface area contributed by atoms with E-state index in [9.17, 15) is 4.79 Å². The third-order valence-electron chi connectivity index (χ3n) is 3.61. The molecule has 2 aromatic rings. The van der Waals surface area contributed by atoms with Crippen molar-refractivity contribution in [1.82, 2.24) is 16.0 Å². The summed E-state index contributed by atoms with van der Waals surface area (Å²) in [6, 6.07) is 11.8. The molecule has 0 radical (unpaired) electrons. The van der Waals surface area contributed by atoms with Gasteiger partial charge in [-0.15, -0.1) is 35.3 Å². The molecule has 0 aliphatic rings. The van der Waals surface area contributed by atoms with Crippen LogP contribution < -0.4 is 16.0 Å². The number of hydrogen-bond donors (Lipinski definition) is 3. The van der Waals surface area contributed by atoms with Crippen LogP contribution in [0.15, 0.2) is 46.8 Å². The van der Waals surface area contributed by atoms with Gasteiger partial charge in [0.2, 0.25) is 0 Å². The molecule has 0 fully saturated rings. The highest BCUT2D eigenvalue weighted by atomic mass is 127. The molecule has 1 heterocycles. The van der Waals surface area contributed by atoms with Gasteiger partial charge in [-0.25, -0.2) is 0 Å². The molecule has 1 aromatic heterocycles. The molecule has 0 aliphatic heterocycles. The molecule has 0 bridgehead atoms. The number of nitrogens with zero attached hydrogens (tertiary/aromatic N) is 1. The smallest absolute Gasteiger partial charge is 0.251 e. The Morgan fingerprint density at radius 3 is 2.56 bits per heavy atom. The van der Waals surface area contributed by atoms with Crippen molar-refractivity contribution in [3.63, 3.8) is 0 Å². The summed E-state index contributed by atoms with van der Waals surface area (Å²) < 4.78 is 0. The van der Waals surface area contributed by atoms with Gasteiger partial charge in [0.1, 0.15) is 0 Å². The van der Waals surface area contributed by atoms with Crippen LogP contribution in [0, 0.1) is 0 Å². The summed E-state index contributed by atoms with van der Waals surface area (Å²) in [5, 5.41) is 11.7. The number of hydrogen-bond acceptors (Lipinski definition) is 3. The molecule has 0 saturated carbocycles. The van der Waals surface area contributed by atoms with E-state index < -0.39 is 0 Å². The van der Waals surface area contributed by atoms with Crippen molar-refractivity contribution in [1.29, 1.82) is 0 Å². The van der Waals surface area contributed by atoms with Crippen LogP contribution in [-0.4, -0.2) is 31.0 Å². The Balaban J connectivity index is 0.00000364. The lowest BCUT2D eigenvalue weighted by atomic mass is 10.1. The van der Waals surface area contributed by atoms with Crippen molar-refractivity contribution in [3.8, 4) is 0 Å². The first-order valence-corrected chi connectivity index (χ1v) is 9.64. The third-order valence-corrected chi connectivity index (χ3v) is 4.54. The molecule has 27 heavy (non-hydrogen) atoms. The second kappa shape index (κ2) is 11.3. The SMILES string of the molecule is CN=C(NCCc1cccs1)NCc1cccc(C(=O)NC(C)(C)C)c1.I. The molecule has 1 aromatic carbocycles. The van der Waals surface area contributed by atoms with Gasteiger partial charge in [-0.1, -0.05) is 18.2 Å². The van der Waals surface area contributed by atoms with E-state index in [-0.39, 0.29) is 35.4 Å². The Labute approximate surface area is 183 Å². The molecule has 148 valence electrons. The second-order valence-electron chi connectivity index (χ2n) is 7.09. The molecule has 0 spiro atoms. The summed E-state index contributed by atoms with van der Waals surface area (Å²) in [6.07, 6.45) is 0.973. The molecule has 2 rings (SSSR count). The van der Waals surface area contributed by atoms with Gasteiger partial charge in [-0.3, -0.25) is 9.79 Å². The molecular formula is C20H29IN4OS. The Morgan fingerprint density at radius 2 is 1.93 bits per heavy atom. The minimum absolute atomic E-state index is 0. The fourth-order valence-electron chi connectivity index (χ4n) is 2.40. The average molecular weight is 500 g/mol. The van der Waals surface area contributed by atoms with Crippen LogP contribution in [-0.2, 0) is 13.0 Å². The summed E-state index contributed by atoms with van der Waals surface area (Å²) in [4.78, 5) is 17.9. The first-order chi connectivity index (χ1) is 12.4. The molecule has 0 aliphatic carbocycles. The maximum Gasteiger partial charge on any atom is 0.251 e. The third kappa shape index (κ3) is 8.75. The molecule has 0 unspecified atom stereocenters. The maximum absolute atomic E-state index is 12.3.